The summed E-state index contributed by atoms with van der Waals surface area (Å²) >= 11 is 0. The topological polar surface area (TPSA) is 44.2 Å². The molecule has 0 aliphatic heterocycles. The van der Waals surface area contributed by atoms with Gasteiger partial charge < -0.3 is 9.47 Å². The summed E-state index contributed by atoms with van der Waals surface area (Å²) in [6, 6.07) is 6.68. The van der Waals surface area contributed by atoms with Crippen LogP contribution in [-0.4, -0.2) is 16.3 Å². The number of halogens is 3. The molecule has 18 heavy (non-hydrogen) atoms. The standard InChI is InChI=1S/C11H7F3N2O2/c12-11(13,14)18-9-4-2-8(3-5-9)17-10-15-6-1-7-16-10/h1-7H. The van der Waals surface area contributed by atoms with Crippen molar-refractivity contribution in [3.8, 4) is 17.5 Å². The fourth-order valence-electron chi connectivity index (χ4n) is 1.15. The van der Waals surface area contributed by atoms with Crippen LogP contribution < -0.4 is 9.47 Å². The Morgan fingerprint density at radius 1 is 0.889 bits per heavy atom. The van der Waals surface area contributed by atoms with Gasteiger partial charge in [0, 0.05) is 12.4 Å². The van der Waals surface area contributed by atoms with E-state index < -0.39 is 6.36 Å². The lowest BCUT2D eigenvalue weighted by Crippen LogP contribution is -2.16. The number of ether oxygens (including phenoxy) is 2. The van der Waals surface area contributed by atoms with Crippen molar-refractivity contribution in [2.75, 3.05) is 0 Å². The summed E-state index contributed by atoms with van der Waals surface area (Å²) in [5.74, 6) is -0.000412. The molecule has 2 rings (SSSR count). The minimum atomic E-state index is -4.70. The van der Waals surface area contributed by atoms with Gasteiger partial charge in [0.2, 0.25) is 0 Å². The molecule has 0 unspecified atom stereocenters. The third-order valence-electron chi connectivity index (χ3n) is 1.81. The van der Waals surface area contributed by atoms with Crippen molar-refractivity contribution in [2.24, 2.45) is 0 Å². The van der Waals surface area contributed by atoms with Crippen LogP contribution in [-0.2, 0) is 0 Å². The quantitative estimate of drug-likeness (QED) is 0.846. The summed E-state index contributed by atoms with van der Waals surface area (Å²) in [4.78, 5) is 7.62. The molecular weight excluding hydrogens is 249 g/mol. The number of rotatable bonds is 3. The molecular formula is C11H7F3N2O2. The molecule has 0 aliphatic rings. The molecule has 94 valence electrons. The fraction of sp³-hybridized carbons (Fsp3) is 0.0909. The van der Waals surface area contributed by atoms with Gasteiger partial charge in [0.15, 0.2) is 0 Å². The monoisotopic (exact) mass is 256 g/mol. The van der Waals surface area contributed by atoms with Crippen LogP contribution in [0.1, 0.15) is 0 Å². The lowest BCUT2D eigenvalue weighted by molar-refractivity contribution is -0.274. The van der Waals surface area contributed by atoms with E-state index in [0.717, 1.165) is 12.1 Å². The largest absolute Gasteiger partial charge is 0.573 e. The molecule has 2 aromatic rings. The maximum absolute atomic E-state index is 11.9. The van der Waals surface area contributed by atoms with Crippen LogP contribution in [0.3, 0.4) is 0 Å². The second-order valence-electron chi connectivity index (χ2n) is 3.15. The Balaban J connectivity index is 2.04. The Kier molecular flexibility index (Phi) is 3.31. The first-order chi connectivity index (χ1) is 8.53. The highest BCUT2D eigenvalue weighted by Gasteiger charge is 2.30. The van der Waals surface area contributed by atoms with E-state index in [4.69, 9.17) is 4.74 Å². The molecule has 0 atom stereocenters. The zero-order valence-electron chi connectivity index (χ0n) is 8.89. The van der Waals surface area contributed by atoms with E-state index in [-0.39, 0.29) is 11.8 Å². The number of nitrogens with zero attached hydrogens (tertiary/aromatic N) is 2. The number of hydrogen-bond acceptors (Lipinski definition) is 4. The van der Waals surface area contributed by atoms with Crippen molar-refractivity contribution in [1.82, 2.24) is 9.97 Å². The van der Waals surface area contributed by atoms with Crippen LogP contribution in [0.15, 0.2) is 42.7 Å². The van der Waals surface area contributed by atoms with Gasteiger partial charge in [0.05, 0.1) is 0 Å². The Hall–Kier alpha value is -2.31. The van der Waals surface area contributed by atoms with Crippen molar-refractivity contribution in [1.29, 1.82) is 0 Å². The molecule has 0 radical (unpaired) electrons. The first kappa shape index (κ1) is 12.2. The summed E-state index contributed by atoms with van der Waals surface area (Å²) in [7, 11) is 0. The van der Waals surface area contributed by atoms with E-state index in [1.807, 2.05) is 0 Å². The average molecular weight is 256 g/mol. The van der Waals surface area contributed by atoms with E-state index in [1.165, 1.54) is 24.5 Å². The first-order valence-electron chi connectivity index (χ1n) is 4.84. The molecule has 1 aromatic carbocycles. The second kappa shape index (κ2) is 4.91. The van der Waals surface area contributed by atoms with Crippen LogP contribution in [0.25, 0.3) is 0 Å². The SMILES string of the molecule is FC(F)(F)Oc1ccc(Oc2ncccn2)cc1. The minimum Gasteiger partial charge on any atom is -0.424 e. The van der Waals surface area contributed by atoms with Crippen molar-refractivity contribution in [3.63, 3.8) is 0 Å². The number of benzene rings is 1. The molecule has 0 bridgehead atoms. The number of aromatic nitrogens is 2. The zero-order valence-corrected chi connectivity index (χ0v) is 8.89. The van der Waals surface area contributed by atoms with Crippen molar-refractivity contribution >= 4 is 0 Å². The van der Waals surface area contributed by atoms with E-state index in [2.05, 4.69) is 14.7 Å². The first-order valence-corrected chi connectivity index (χ1v) is 4.84. The van der Waals surface area contributed by atoms with Crippen LogP contribution in [0.4, 0.5) is 13.2 Å². The van der Waals surface area contributed by atoms with Gasteiger partial charge >= 0.3 is 12.4 Å². The maximum atomic E-state index is 11.9. The molecule has 0 N–H and O–H groups in total. The Morgan fingerprint density at radius 2 is 1.44 bits per heavy atom. The second-order valence-corrected chi connectivity index (χ2v) is 3.15. The van der Waals surface area contributed by atoms with Crippen LogP contribution in [0, 0.1) is 0 Å². The lowest BCUT2D eigenvalue weighted by Gasteiger charge is -2.09. The van der Waals surface area contributed by atoms with Crippen LogP contribution in [0.2, 0.25) is 0 Å². The smallest absolute Gasteiger partial charge is 0.424 e. The Bertz CT molecular complexity index is 500. The third kappa shape index (κ3) is 3.62. The minimum absolute atomic E-state index is 0.113. The normalized spacial score (nSPS) is 11.1. The molecule has 4 nitrogen and oxygen atoms in total. The number of alkyl halides is 3. The molecule has 0 aliphatic carbocycles. The van der Waals surface area contributed by atoms with Gasteiger partial charge in [-0.2, -0.15) is 0 Å². The number of hydrogen-bond donors (Lipinski definition) is 0. The summed E-state index contributed by atoms with van der Waals surface area (Å²) < 4.78 is 44.7. The van der Waals surface area contributed by atoms with Crippen molar-refractivity contribution in [3.05, 3.63) is 42.7 Å². The molecule has 0 saturated heterocycles. The predicted molar refractivity (Wildman–Crippen MR) is 55.2 cm³/mol. The van der Waals surface area contributed by atoms with Crippen molar-refractivity contribution < 1.29 is 22.6 Å². The summed E-state index contributed by atoms with van der Waals surface area (Å²) in [6.07, 6.45) is -1.72. The highest BCUT2D eigenvalue weighted by molar-refractivity contribution is 5.32. The van der Waals surface area contributed by atoms with Gasteiger partial charge in [-0.25, -0.2) is 9.97 Å². The van der Waals surface area contributed by atoms with Gasteiger partial charge in [-0.05, 0) is 30.3 Å². The lowest BCUT2D eigenvalue weighted by atomic mass is 10.3. The fourth-order valence-corrected chi connectivity index (χ4v) is 1.15. The summed E-state index contributed by atoms with van der Waals surface area (Å²) in [5.41, 5.74) is 0. The molecule has 0 spiro atoms. The highest BCUT2D eigenvalue weighted by atomic mass is 19.4. The van der Waals surface area contributed by atoms with Gasteiger partial charge in [0.1, 0.15) is 11.5 Å². The Labute approximate surface area is 100 Å². The van der Waals surface area contributed by atoms with Crippen LogP contribution in [0.5, 0.6) is 17.5 Å². The molecule has 7 heteroatoms. The van der Waals surface area contributed by atoms with Gasteiger partial charge in [-0.15, -0.1) is 13.2 Å². The van der Waals surface area contributed by atoms with Gasteiger partial charge in [-0.1, -0.05) is 0 Å². The van der Waals surface area contributed by atoms with Crippen molar-refractivity contribution in [2.45, 2.75) is 6.36 Å². The molecule has 0 fully saturated rings. The highest BCUT2D eigenvalue weighted by Crippen LogP contribution is 2.25. The molecule has 0 saturated carbocycles. The average Bonchev–Trinajstić information content (AvgIpc) is 2.31. The molecule has 1 heterocycles. The third-order valence-corrected chi connectivity index (χ3v) is 1.81. The van der Waals surface area contributed by atoms with E-state index in [1.54, 1.807) is 6.07 Å². The van der Waals surface area contributed by atoms with Gasteiger partial charge in [-0.3, -0.25) is 0 Å². The van der Waals surface area contributed by atoms with Crippen LogP contribution >= 0.6 is 0 Å². The zero-order chi connectivity index (χ0) is 13.0. The van der Waals surface area contributed by atoms with E-state index in [0.29, 0.717) is 5.75 Å². The molecule has 0 amide bonds. The van der Waals surface area contributed by atoms with E-state index >= 15 is 0 Å². The Morgan fingerprint density at radius 3 is 2.00 bits per heavy atom. The summed E-state index contributed by atoms with van der Waals surface area (Å²) in [5, 5.41) is 0. The summed E-state index contributed by atoms with van der Waals surface area (Å²) in [6.45, 7) is 0. The maximum Gasteiger partial charge on any atom is 0.573 e. The van der Waals surface area contributed by atoms with E-state index in [9.17, 15) is 13.2 Å². The van der Waals surface area contributed by atoms with Gasteiger partial charge in [0.25, 0.3) is 0 Å². The molecule has 1 aromatic heterocycles. The predicted octanol–water partition coefficient (Wildman–Crippen LogP) is 3.17.